The van der Waals surface area contributed by atoms with Gasteiger partial charge in [0.25, 0.3) is 0 Å². The standard InChI is InChI=1S/C21H30N.4C20H28N/c1-8-21(6,9-2)19-14-22(7)20(13-17(19)5)18-11-10-15(3)12-16(18)4;2*1-7-20(5,8-2)17-10-12-19(21(6)14-17)18-11-9-15(3)13-16(18)4;2*1-7-20(5,8-2)18-14-21(6)19(13-16(18)4)17-12-10-9-11-15(17)3/h10-14H,8-9H2,1-7H3;4*9-14H,7-8H2,1-6H3/q5*+1/i2*3D3;;;. The van der Waals surface area contributed by atoms with E-state index in [4.69, 9.17) is 8.22 Å². The van der Waals surface area contributed by atoms with Crippen LogP contribution in [0.3, 0.4) is 0 Å². The zero-order valence-corrected chi connectivity index (χ0v) is 71.6. The molecule has 5 aromatic heterocycles. The molecule has 0 saturated carbocycles. The Balaban J connectivity index is 0.000000219. The van der Waals surface area contributed by atoms with E-state index < -0.39 is 13.7 Å². The second-order valence-corrected chi connectivity index (χ2v) is 32.3. The minimum atomic E-state index is -2.06. The van der Waals surface area contributed by atoms with Crippen LogP contribution in [0, 0.1) is 76.0 Å². The highest BCUT2D eigenvalue weighted by molar-refractivity contribution is 5.66. The van der Waals surface area contributed by atoms with E-state index in [9.17, 15) is 0 Å². The summed E-state index contributed by atoms with van der Waals surface area (Å²) in [7, 11) is 10.6. The van der Waals surface area contributed by atoms with Gasteiger partial charge < -0.3 is 0 Å². The Kier molecular flexibility index (Phi) is 27.5. The summed E-state index contributed by atoms with van der Waals surface area (Å²) in [5.74, 6) is 0. The number of aromatic nitrogens is 5. The van der Waals surface area contributed by atoms with Crippen molar-refractivity contribution in [1.29, 1.82) is 0 Å². The van der Waals surface area contributed by atoms with Crippen molar-refractivity contribution >= 4 is 0 Å². The first-order valence-corrected chi connectivity index (χ1v) is 39.9. The first-order chi connectivity index (χ1) is 52.4. The van der Waals surface area contributed by atoms with Crippen LogP contribution in [0.5, 0.6) is 0 Å². The van der Waals surface area contributed by atoms with Crippen molar-refractivity contribution in [2.75, 3.05) is 0 Å². The summed E-state index contributed by atoms with van der Waals surface area (Å²) in [5, 5.41) is 0. The summed E-state index contributed by atoms with van der Waals surface area (Å²) in [6.45, 7) is 49.6. The number of hydrogen-bond donors (Lipinski definition) is 0. The van der Waals surface area contributed by atoms with Gasteiger partial charge in [0.15, 0.2) is 31.0 Å². The maximum Gasteiger partial charge on any atom is 0.212 e. The second kappa shape index (κ2) is 37.6. The van der Waals surface area contributed by atoms with Gasteiger partial charge in [-0.25, -0.2) is 22.8 Å². The molecule has 566 valence electrons. The van der Waals surface area contributed by atoms with Crippen LogP contribution in [0.15, 0.2) is 177 Å². The van der Waals surface area contributed by atoms with Crippen LogP contribution in [0.1, 0.15) is 265 Å². The average Bonchev–Trinajstić information content (AvgIpc) is 0.797. The van der Waals surface area contributed by atoms with Crippen LogP contribution in [0.25, 0.3) is 56.3 Å². The SMILES string of the molecule is CCC(C)(CC)c1c[n+](C)c(-c2ccccc2C)cc1C.CCC(C)(CC)c1c[n+](C)c(-c2ccccc2C)cc1C.CCC(C)(CC)c1ccc(-c2ccc(C)cc2C)[n+](C)c1.[2H]C([2H])([2H])c1ccc(-c2cc(C)c(C(C)(CC)CC)c[n+]2C)c(C)c1.[2H]C([2H])([2H])c1ccc(-c2ccc(C(C)(CC)CC)c[n+]2C)c(C)c1. The van der Waals surface area contributed by atoms with Crippen LogP contribution >= 0.6 is 0 Å². The number of benzene rings is 5. The molecule has 0 aliphatic carbocycles. The van der Waals surface area contributed by atoms with Gasteiger partial charge in [-0.05, 0) is 254 Å². The van der Waals surface area contributed by atoms with Gasteiger partial charge in [0.2, 0.25) is 28.5 Å². The number of hydrogen-bond acceptors (Lipinski definition) is 0. The van der Waals surface area contributed by atoms with E-state index in [2.05, 4.69) is 351 Å². The van der Waals surface area contributed by atoms with Crippen LogP contribution in [0.2, 0.25) is 0 Å². The minimum absolute atomic E-state index is 0.181. The molecule has 0 fully saturated rings. The third-order valence-corrected chi connectivity index (χ3v) is 25.4. The predicted octanol–water partition coefficient (Wildman–Crippen LogP) is 24.7. The summed E-state index contributed by atoms with van der Waals surface area (Å²) in [6.07, 6.45) is 22.9. The van der Waals surface area contributed by atoms with E-state index in [-0.39, 0.29) is 27.1 Å². The quantitative estimate of drug-likeness (QED) is 0.0678. The molecule has 5 heterocycles. The van der Waals surface area contributed by atoms with Crippen LogP contribution in [-0.4, -0.2) is 0 Å². The van der Waals surface area contributed by atoms with Crippen molar-refractivity contribution in [2.24, 2.45) is 35.2 Å². The molecule has 0 N–H and O–H groups in total. The predicted molar refractivity (Wildman–Crippen MR) is 457 cm³/mol. The van der Waals surface area contributed by atoms with E-state index in [1.54, 1.807) is 24.3 Å². The van der Waals surface area contributed by atoms with Crippen molar-refractivity contribution in [3.05, 3.63) is 266 Å². The van der Waals surface area contributed by atoms with Gasteiger partial charge >= 0.3 is 0 Å². The van der Waals surface area contributed by atoms with E-state index in [0.717, 1.165) is 59.3 Å². The first-order valence-electron chi connectivity index (χ1n) is 42.9. The van der Waals surface area contributed by atoms with E-state index in [1.165, 1.54) is 139 Å². The van der Waals surface area contributed by atoms with Crippen LogP contribution < -0.4 is 22.8 Å². The molecule has 106 heavy (non-hydrogen) atoms. The summed E-state index contributed by atoms with van der Waals surface area (Å²) in [5.41, 5.74) is 32.7. The molecule has 0 saturated heterocycles. The molecule has 0 amide bonds. The van der Waals surface area contributed by atoms with Crippen molar-refractivity contribution in [3.8, 4) is 56.3 Å². The van der Waals surface area contributed by atoms with Crippen molar-refractivity contribution in [1.82, 2.24) is 0 Å². The molecule has 0 unspecified atom stereocenters. The molecule has 0 aliphatic rings. The van der Waals surface area contributed by atoms with E-state index in [1.807, 2.05) is 26.0 Å². The third-order valence-electron chi connectivity index (χ3n) is 25.4. The van der Waals surface area contributed by atoms with Crippen molar-refractivity contribution in [2.45, 2.75) is 271 Å². The Bertz CT molecular complexity index is 4700. The molecular weight excluding hydrogens is 1280 g/mol. The van der Waals surface area contributed by atoms with Gasteiger partial charge in [0.1, 0.15) is 35.2 Å². The van der Waals surface area contributed by atoms with Gasteiger partial charge in [0, 0.05) is 94.2 Å². The molecule has 0 spiro atoms. The highest BCUT2D eigenvalue weighted by Gasteiger charge is 2.33. The zero-order valence-electron chi connectivity index (χ0n) is 77.6. The average molecular weight is 1430 g/mol. The zero-order chi connectivity index (χ0) is 84.0. The second-order valence-electron chi connectivity index (χ2n) is 32.3. The lowest BCUT2D eigenvalue weighted by molar-refractivity contribution is -0.661. The molecule has 10 rings (SSSR count). The van der Waals surface area contributed by atoms with Gasteiger partial charge in [-0.15, -0.1) is 0 Å². The maximum atomic E-state index is 7.59. The summed E-state index contributed by atoms with van der Waals surface area (Å²) in [4.78, 5) is 0. The highest BCUT2D eigenvalue weighted by Crippen LogP contribution is 2.39. The largest absolute Gasteiger partial charge is 0.212 e. The van der Waals surface area contributed by atoms with Crippen molar-refractivity contribution < 1.29 is 31.1 Å². The lowest BCUT2D eigenvalue weighted by Gasteiger charge is -2.28. The summed E-state index contributed by atoms with van der Waals surface area (Å²) < 4.78 is 56.6. The number of pyridine rings is 5. The molecular formula is C101H142N5+5. The molecule has 0 atom stereocenters. The van der Waals surface area contributed by atoms with Crippen LogP contribution in [-0.2, 0) is 62.3 Å². The molecule has 10 aromatic rings. The Morgan fingerprint density at radius 3 is 0.745 bits per heavy atom. The first kappa shape index (κ1) is 77.5. The summed E-state index contributed by atoms with van der Waals surface area (Å²) >= 11 is 0. The van der Waals surface area contributed by atoms with Gasteiger partial charge in [-0.1, -0.05) is 193 Å². The lowest BCUT2D eigenvalue weighted by Crippen LogP contribution is -2.35. The molecule has 0 aliphatic heterocycles. The number of aryl methyl sites for hydroxylation is 16. The number of nitrogens with zero attached hydrogens (tertiary/aromatic N) is 5. The third kappa shape index (κ3) is 20.2. The van der Waals surface area contributed by atoms with Gasteiger partial charge in [0.05, 0.1) is 0 Å². The molecule has 5 aromatic carbocycles. The summed E-state index contributed by atoms with van der Waals surface area (Å²) in [6, 6.07) is 50.6. The smallest absolute Gasteiger partial charge is 0.201 e. The Morgan fingerprint density at radius 1 is 0.245 bits per heavy atom. The highest BCUT2D eigenvalue weighted by atomic mass is 14.9. The molecule has 5 nitrogen and oxygen atoms in total. The topological polar surface area (TPSA) is 19.4 Å². The fourth-order valence-corrected chi connectivity index (χ4v) is 15.4. The Morgan fingerprint density at radius 2 is 0.491 bits per heavy atom. The maximum absolute atomic E-state index is 7.59. The van der Waals surface area contributed by atoms with Crippen molar-refractivity contribution in [3.63, 3.8) is 0 Å². The van der Waals surface area contributed by atoms with Gasteiger partial charge in [-0.3, -0.25) is 0 Å². The Labute approximate surface area is 655 Å². The normalized spacial score (nSPS) is 12.8. The molecule has 5 heteroatoms. The number of rotatable bonds is 20. The van der Waals surface area contributed by atoms with E-state index >= 15 is 0 Å². The minimum Gasteiger partial charge on any atom is -0.201 e. The lowest BCUT2D eigenvalue weighted by atomic mass is 9.76. The van der Waals surface area contributed by atoms with Crippen LogP contribution in [0.4, 0.5) is 0 Å². The molecule has 0 bridgehead atoms. The Hall–Kier alpha value is -8.15. The molecule has 0 radical (unpaired) electrons. The fourth-order valence-electron chi connectivity index (χ4n) is 15.4. The van der Waals surface area contributed by atoms with E-state index in [0.29, 0.717) is 11.1 Å². The monoisotopic (exact) mass is 1430 g/mol. The fraction of sp³-hybridized carbons (Fsp3) is 0.455. The van der Waals surface area contributed by atoms with Gasteiger partial charge in [-0.2, -0.15) is 0 Å².